The van der Waals surface area contributed by atoms with E-state index in [-0.39, 0.29) is 0 Å². The Labute approximate surface area is 131 Å². The van der Waals surface area contributed by atoms with Crippen molar-refractivity contribution in [2.75, 3.05) is 24.3 Å². The molecule has 3 rings (SSSR count). The molecular formula is C18H22N4. The molecule has 0 fully saturated rings. The lowest BCUT2D eigenvalue weighted by molar-refractivity contribution is 0.837. The van der Waals surface area contributed by atoms with Gasteiger partial charge in [-0.1, -0.05) is 19.9 Å². The Hall–Kier alpha value is -2.49. The lowest BCUT2D eigenvalue weighted by Gasteiger charge is -2.14. The first-order valence-corrected chi connectivity index (χ1v) is 7.57. The van der Waals surface area contributed by atoms with Crippen molar-refractivity contribution in [1.29, 1.82) is 0 Å². The minimum absolute atomic E-state index is 0.364. The molecule has 0 aliphatic heterocycles. The molecule has 2 heterocycles. The lowest BCUT2D eigenvalue weighted by atomic mass is 10.1. The van der Waals surface area contributed by atoms with Crippen molar-refractivity contribution in [3.8, 4) is 0 Å². The molecule has 4 nitrogen and oxygen atoms in total. The van der Waals surface area contributed by atoms with Crippen LogP contribution in [0.2, 0.25) is 0 Å². The van der Waals surface area contributed by atoms with Crippen LogP contribution < -0.4 is 10.2 Å². The van der Waals surface area contributed by atoms with Crippen LogP contribution in [0, 0.1) is 0 Å². The maximum Gasteiger partial charge on any atom is 0.138 e. The Morgan fingerprint density at radius 1 is 1.05 bits per heavy atom. The van der Waals surface area contributed by atoms with E-state index in [2.05, 4.69) is 52.7 Å². The van der Waals surface area contributed by atoms with E-state index in [9.17, 15) is 0 Å². The van der Waals surface area contributed by atoms with Gasteiger partial charge in [0, 0.05) is 31.7 Å². The van der Waals surface area contributed by atoms with E-state index in [0.29, 0.717) is 5.92 Å². The Balaban J connectivity index is 2.00. The van der Waals surface area contributed by atoms with Gasteiger partial charge in [0.05, 0.1) is 5.69 Å². The standard InChI is InChI=1S/C18H22N4/c1-13(2)17-18(22-12-6-5-7-16(22)20-17)19-14-8-10-15(11-9-14)21(3)4/h5-13,19H,1-4H3. The molecule has 0 unspecified atom stereocenters. The second-order valence-electron chi connectivity index (χ2n) is 6.00. The number of nitrogens with one attached hydrogen (secondary N) is 1. The molecule has 0 aliphatic rings. The number of anilines is 3. The highest BCUT2D eigenvalue weighted by Crippen LogP contribution is 2.28. The topological polar surface area (TPSA) is 32.6 Å². The van der Waals surface area contributed by atoms with Crippen LogP contribution in [-0.2, 0) is 0 Å². The Bertz CT molecular complexity index is 769. The number of fused-ring (bicyclic) bond motifs is 1. The monoisotopic (exact) mass is 294 g/mol. The summed E-state index contributed by atoms with van der Waals surface area (Å²) >= 11 is 0. The fourth-order valence-electron chi connectivity index (χ4n) is 2.52. The predicted octanol–water partition coefficient (Wildman–Crippen LogP) is 4.27. The van der Waals surface area contributed by atoms with Crippen molar-refractivity contribution in [2.24, 2.45) is 0 Å². The summed E-state index contributed by atoms with van der Waals surface area (Å²) in [5.41, 5.74) is 4.31. The molecule has 0 saturated heterocycles. The fraction of sp³-hybridized carbons (Fsp3) is 0.278. The number of pyridine rings is 1. The van der Waals surface area contributed by atoms with E-state index in [1.165, 1.54) is 5.69 Å². The summed E-state index contributed by atoms with van der Waals surface area (Å²) in [5.74, 6) is 1.41. The molecular weight excluding hydrogens is 272 g/mol. The van der Waals surface area contributed by atoms with Crippen LogP contribution in [0.3, 0.4) is 0 Å². The molecule has 1 aromatic carbocycles. The summed E-state index contributed by atoms with van der Waals surface area (Å²) in [6.07, 6.45) is 2.05. The molecule has 0 atom stereocenters. The van der Waals surface area contributed by atoms with E-state index >= 15 is 0 Å². The van der Waals surface area contributed by atoms with Gasteiger partial charge in [-0.2, -0.15) is 0 Å². The molecule has 2 aromatic heterocycles. The van der Waals surface area contributed by atoms with Crippen molar-refractivity contribution in [1.82, 2.24) is 9.38 Å². The van der Waals surface area contributed by atoms with Gasteiger partial charge in [-0.15, -0.1) is 0 Å². The van der Waals surface area contributed by atoms with E-state index in [1.54, 1.807) is 0 Å². The van der Waals surface area contributed by atoms with Gasteiger partial charge in [-0.05, 0) is 42.3 Å². The molecule has 22 heavy (non-hydrogen) atoms. The van der Waals surface area contributed by atoms with Crippen molar-refractivity contribution < 1.29 is 0 Å². The lowest BCUT2D eigenvalue weighted by Crippen LogP contribution is -2.08. The zero-order valence-electron chi connectivity index (χ0n) is 13.5. The number of nitrogens with zero attached hydrogens (tertiary/aromatic N) is 3. The summed E-state index contributed by atoms with van der Waals surface area (Å²) in [4.78, 5) is 6.84. The molecule has 1 N–H and O–H groups in total. The van der Waals surface area contributed by atoms with Crippen molar-refractivity contribution in [2.45, 2.75) is 19.8 Å². The highest BCUT2D eigenvalue weighted by atomic mass is 15.1. The molecule has 0 amide bonds. The molecule has 0 spiro atoms. The number of hydrogen-bond donors (Lipinski definition) is 1. The van der Waals surface area contributed by atoms with E-state index in [0.717, 1.165) is 22.8 Å². The first-order chi connectivity index (χ1) is 10.6. The first kappa shape index (κ1) is 14.4. The molecule has 3 aromatic rings. The number of aromatic nitrogens is 2. The van der Waals surface area contributed by atoms with Crippen LogP contribution >= 0.6 is 0 Å². The summed E-state index contributed by atoms with van der Waals surface area (Å²) < 4.78 is 2.11. The molecule has 0 aliphatic carbocycles. The SMILES string of the molecule is CC(C)c1nc2ccccn2c1Nc1ccc(N(C)C)cc1. The van der Waals surface area contributed by atoms with Crippen LogP contribution in [0.4, 0.5) is 17.2 Å². The summed E-state index contributed by atoms with van der Waals surface area (Å²) in [7, 11) is 4.09. The van der Waals surface area contributed by atoms with Gasteiger partial charge in [0.15, 0.2) is 0 Å². The normalized spacial score (nSPS) is 11.1. The van der Waals surface area contributed by atoms with Gasteiger partial charge < -0.3 is 10.2 Å². The van der Waals surface area contributed by atoms with Gasteiger partial charge in [0.1, 0.15) is 11.5 Å². The number of imidazole rings is 1. The average molecular weight is 294 g/mol. The van der Waals surface area contributed by atoms with Gasteiger partial charge >= 0.3 is 0 Å². The van der Waals surface area contributed by atoms with Crippen LogP contribution in [0.15, 0.2) is 48.7 Å². The van der Waals surface area contributed by atoms with Crippen molar-refractivity contribution >= 4 is 22.8 Å². The third-order valence-corrected chi connectivity index (χ3v) is 3.75. The average Bonchev–Trinajstić information content (AvgIpc) is 2.87. The van der Waals surface area contributed by atoms with Gasteiger partial charge in [-0.3, -0.25) is 4.40 Å². The number of hydrogen-bond acceptors (Lipinski definition) is 3. The highest BCUT2D eigenvalue weighted by Gasteiger charge is 2.14. The van der Waals surface area contributed by atoms with E-state index in [1.807, 2.05) is 38.5 Å². The number of benzene rings is 1. The minimum atomic E-state index is 0.364. The molecule has 4 heteroatoms. The Morgan fingerprint density at radius 3 is 2.41 bits per heavy atom. The van der Waals surface area contributed by atoms with Gasteiger partial charge in [-0.25, -0.2) is 4.98 Å². The molecule has 0 saturated carbocycles. The maximum absolute atomic E-state index is 4.75. The van der Waals surface area contributed by atoms with Crippen molar-refractivity contribution in [3.05, 3.63) is 54.4 Å². The number of rotatable bonds is 4. The summed E-state index contributed by atoms with van der Waals surface area (Å²) in [5, 5.41) is 3.52. The van der Waals surface area contributed by atoms with E-state index < -0.39 is 0 Å². The van der Waals surface area contributed by atoms with Gasteiger partial charge in [0.25, 0.3) is 0 Å². The first-order valence-electron chi connectivity index (χ1n) is 7.57. The fourth-order valence-corrected chi connectivity index (χ4v) is 2.52. The van der Waals surface area contributed by atoms with E-state index in [4.69, 9.17) is 4.98 Å². The summed E-state index contributed by atoms with van der Waals surface area (Å²) in [6, 6.07) is 14.5. The van der Waals surface area contributed by atoms with Gasteiger partial charge in [0.2, 0.25) is 0 Å². The predicted molar refractivity (Wildman–Crippen MR) is 93.3 cm³/mol. The zero-order valence-corrected chi connectivity index (χ0v) is 13.5. The Morgan fingerprint density at radius 2 is 1.77 bits per heavy atom. The smallest absolute Gasteiger partial charge is 0.138 e. The Kier molecular flexibility index (Phi) is 3.75. The second-order valence-corrected chi connectivity index (χ2v) is 6.00. The second kappa shape index (κ2) is 5.72. The molecule has 0 radical (unpaired) electrons. The minimum Gasteiger partial charge on any atom is -0.378 e. The largest absolute Gasteiger partial charge is 0.378 e. The van der Waals surface area contributed by atoms with Crippen LogP contribution in [-0.4, -0.2) is 23.5 Å². The van der Waals surface area contributed by atoms with Crippen molar-refractivity contribution in [3.63, 3.8) is 0 Å². The summed E-state index contributed by atoms with van der Waals surface area (Å²) in [6.45, 7) is 4.34. The maximum atomic E-state index is 4.75. The third kappa shape index (κ3) is 2.64. The van der Waals surface area contributed by atoms with Crippen LogP contribution in [0.25, 0.3) is 5.65 Å². The van der Waals surface area contributed by atoms with Crippen LogP contribution in [0.1, 0.15) is 25.5 Å². The molecule has 114 valence electrons. The quantitative estimate of drug-likeness (QED) is 0.780. The zero-order chi connectivity index (χ0) is 15.7. The third-order valence-electron chi connectivity index (χ3n) is 3.75. The van der Waals surface area contributed by atoms with Crippen LogP contribution in [0.5, 0.6) is 0 Å². The highest BCUT2D eigenvalue weighted by molar-refractivity contribution is 5.66. The molecule has 0 bridgehead atoms.